The highest BCUT2D eigenvalue weighted by molar-refractivity contribution is 5.00. The lowest BCUT2D eigenvalue weighted by molar-refractivity contribution is 0.190. The topological polar surface area (TPSA) is 47.3 Å². The number of ether oxygens (including phenoxy) is 1. The van der Waals surface area contributed by atoms with Crippen LogP contribution in [0, 0.1) is 0 Å². The van der Waals surface area contributed by atoms with Crippen molar-refractivity contribution < 1.29 is 4.74 Å². The number of hydrogen-bond acceptors (Lipinski definition) is 3. The molecule has 0 aromatic rings. The van der Waals surface area contributed by atoms with Crippen molar-refractivity contribution in [2.45, 2.75) is 25.8 Å². The van der Waals surface area contributed by atoms with Crippen molar-refractivity contribution in [3.05, 3.63) is 12.2 Å². The van der Waals surface area contributed by atoms with E-state index in [1.54, 1.807) is 7.11 Å². The highest BCUT2D eigenvalue weighted by atomic mass is 16.5. The highest BCUT2D eigenvalue weighted by Crippen LogP contribution is 2.04. The molecule has 0 aliphatic rings. The zero-order valence-electron chi connectivity index (χ0n) is 7.39. The molecule has 0 spiro atoms. The molecule has 0 bridgehead atoms. The molecule has 1 unspecified atom stereocenters. The van der Waals surface area contributed by atoms with Crippen LogP contribution in [0.15, 0.2) is 12.2 Å². The molecule has 1 atom stereocenters. The zero-order valence-corrected chi connectivity index (χ0v) is 7.39. The number of rotatable bonds is 6. The minimum absolute atomic E-state index is 0.227. The lowest BCUT2D eigenvalue weighted by Crippen LogP contribution is -2.35. The minimum atomic E-state index is 0.227. The van der Waals surface area contributed by atoms with Crippen LogP contribution in [0.3, 0.4) is 0 Å². The summed E-state index contributed by atoms with van der Waals surface area (Å²) in [6, 6.07) is 0.227. The predicted molar refractivity (Wildman–Crippen MR) is 47.0 cm³/mol. The standard InChI is InChI=1S/C8H18N2O/c1-7(2)8(10-9)5-4-6-11-3/h8,10H,1,4-6,9H2,2-3H3. The molecule has 0 heterocycles. The third kappa shape index (κ3) is 4.95. The Kier molecular flexibility index (Phi) is 6.12. The molecule has 66 valence electrons. The zero-order chi connectivity index (χ0) is 8.69. The molecule has 0 aliphatic carbocycles. The lowest BCUT2D eigenvalue weighted by Gasteiger charge is -2.14. The molecule has 0 saturated carbocycles. The van der Waals surface area contributed by atoms with Gasteiger partial charge in [0.15, 0.2) is 0 Å². The maximum atomic E-state index is 5.30. The summed E-state index contributed by atoms with van der Waals surface area (Å²) in [5.41, 5.74) is 3.78. The summed E-state index contributed by atoms with van der Waals surface area (Å²) in [6.07, 6.45) is 2.00. The average Bonchev–Trinajstić information content (AvgIpc) is 1.97. The van der Waals surface area contributed by atoms with E-state index in [0.717, 1.165) is 25.0 Å². The van der Waals surface area contributed by atoms with E-state index in [-0.39, 0.29) is 6.04 Å². The van der Waals surface area contributed by atoms with Gasteiger partial charge in [0.05, 0.1) is 0 Å². The van der Waals surface area contributed by atoms with Crippen molar-refractivity contribution in [2.75, 3.05) is 13.7 Å². The molecule has 0 saturated heterocycles. The van der Waals surface area contributed by atoms with Crippen LogP contribution in [0.4, 0.5) is 0 Å². The lowest BCUT2D eigenvalue weighted by atomic mass is 10.1. The predicted octanol–water partition coefficient (Wildman–Crippen LogP) is 0.821. The van der Waals surface area contributed by atoms with E-state index in [9.17, 15) is 0 Å². The number of methoxy groups -OCH3 is 1. The van der Waals surface area contributed by atoms with Gasteiger partial charge in [-0.15, -0.1) is 0 Å². The van der Waals surface area contributed by atoms with Gasteiger partial charge in [-0.3, -0.25) is 11.3 Å². The number of hydrazine groups is 1. The second-order valence-electron chi connectivity index (χ2n) is 2.70. The van der Waals surface area contributed by atoms with E-state index in [1.165, 1.54) is 0 Å². The molecule has 3 nitrogen and oxygen atoms in total. The van der Waals surface area contributed by atoms with Crippen LogP contribution in [0.1, 0.15) is 19.8 Å². The molecule has 11 heavy (non-hydrogen) atoms. The Morgan fingerprint density at radius 1 is 1.73 bits per heavy atom. The van der Waals surface area contributed by atoms with Crippen LogP contribution in [0.5, 0.6) is 0 Å². The summed E-state index contributed by atoms with van der Waals surface area (Å²) in [6.45, 7) is 6.57. The van der Waals surface area contributed by atoms with Gasteiger partial charge in [0.25, 0.3) is 0 Å². The van der Waals surface area contributed by atoms with Gasteiger partial charge in [-0.2, -0.15) is 0 Å². The summed E-state index contributed by atoms with van der Waals surface area (Å²) in [7, 11) is 1.70. The quantitative estimate of drug-likeness (QED) is 0.260. The van der Waals surface area contributed by atoms with Gasteiger partial charge in [-0.1, -0.05) is 12.2 Å². The molecule has 0 radical (unpaired) electrons. The molecule has 3 N–H and O–H groups in total. The normalized spacial score (nSPS) is 13.0. The summed E-state index contributed by atoms with van der Waals surface area (Å²) in [5, 5.41) is 0. The van der Waals surface area contributed by atoms with Crippen LogP contribution < -0.4 is 11.3 Å². The summed E-state index contributed by atoms with van der Waals surface area (Å²) in [5.74, 6) is 5.30. The highest BCUT2D eigenvalue weighted by Gasteiger charge is 2.04. The Hall–Kier alpha value is -0.380. The van der Waals surface area contributed by atoms with Gasteiger partial charge in [-0.05, 0) is 19.8 Å². The fourth-order valence-electron chi connectivity index (χ4n) is 0.904. The second kappa shape index (κ2) is 6.34. The van der Waals surface area contributed by atoms with Crippen molar-refractivity contribution in [3.63, 3.8) is 0 Å². The van der Waals surface area contributed by atoms with E-state index < -0.39 is 0 Å². The fraction of sp³-hybridized carbons (Fsp3) is 0.750. The van der Waals surface area contributed by atoms with E-state index in [2.05, 4.69) is 12.0 Å². The Morgan fingerprint density at radius 3 is 2.73 bits per heavy atom. The SMILES string of the molecule is C=C(C)C(CCCOC)NN. The second-order valence-corrected chi connectivity index (χ2v) is 2.70. The maximum absolute atomic E-state index is 5.30. The van der Waals surface area contributed by atoms with Crippen LogP contribution in [0.25, 0.3) is 0 Å². The smallest absolute Gasteiger partial charge is 0.0462 e. The van der Waals surface area contributed by atoms with Crippen LogP contribution in [0.2, 0.25) is 0 Å². The van der Waals surface area contributed by atoms with E-state index >= 15 is 0 Å². The Balaban J connectivity index is 3.44. The fourth-order valence-corrected chi connectivity index (χ4v) is 0.904. The van der Waals surface area contributed by atoms with Gasteiger partial charge in [0.1, 0.15) is 0 Å². The monoisotopic (exact) mass is 158 g/mol. The van der Waals surface area contributed by atoms with Crippen LogP contribution >= 0.6 is 0 Å². The van der Waals surface area contributed by atoms with Crippen LogP contribution in [-0.4, -0.2) is 19.8 Å². The Labute approximate surface area is 68.6 Å². The first-order chi connectivity index (χ1) is 5.22. The van der Waals surface area contributed by atoms with Crippen molar-refractivity contribution in [1.82, 2.24) is 5.43 Å². The van der Waals surface area contributed by atoms with Crippen LogP contribution in [-0.2, 0) is 4.74 Å². The number of hydrogen-bond donors (Lipinski definition) is 2. The first-order valence-electron chi connectivity index (χ1n) is 3.82. The molecule has 0 aliphatic heterocycles. The molecule has 0 amide bonds. The van der Waals surface area contributed by atoms with E-state index in [1.807, 2.05) is 6.92 Å². The molecule has 0 aromatic carbocycles. The summed E-state index contributed by atoms with van der Waals surface area (Å²) in [4.78, 5) is 0. The molecule has 0 aromatic heterocycles. The van der Waals surface area contributed by atoms with E-state index in [4.69, 9.17) is 10.6 Å². The van der Waals surface area contributed by atoms with Gasteiger partial charge >= 0.3 is 0 Å². The van der Waals surface area contributed by atoms with Crippen molar-refractivity contribution in [3.8, 4) is 0 Å². The largest absolute Gasteiger partial charge is 0.385 e. The van der Waals surface area contributed by atoms with Crippen molar-refractivity contribution in [1.29, 1.82) is 0 Å². The first kappa shape index (κ1) is 10.6. The first-order valence-corrected chi connectivity index (χ1v) is 3.82. The number of nitrogens with one attached hydrogen (secondary N) is 1. The molecule has 0 rings (SSSR count). The minimum Gasteiger partial charge on any atom is -0.385 e. The van der Waals surface area contributed by atoms with Gasteiger partial charge in [0, 0.05) is 19.8 Å². The average molecular weight is 158 g/mol. The Bertz CT molecular complexity index is 115. The summed E-state index contributed by atoms with van der Waals surface area (Å²) >= 11 is 0. The summed E-state index contributed by atoms with van der Waals surface area (Å²) < 4.78 is 4.92. The maximum Gasteiger partial charge on any atom is 0.0462 e. The van der Waals surface area contributed by atoms with Crippen molar-refractivity contribution in [2.24, 2.45) is 5.84 Å². The van der Waals surface area contributed by atoms with Gasteiger partial charge < -0.3 is 4.74 Å². The molecule has 0 fully saturated rings. The van der Waals surface area contributed by atoms with E-state index in [0.29, 0.717) is 0 Å². The third-order valence-corrected chi connectivity index (χ3v) is 1.64. The molecule has 3 heteroatoms. The third-order valence-electron chi connectivity index (χ3n) is 1.64. The van der Waals surface area contributed by atoms with Gasteiger partial charge in [-0.25, -0.2) is 0 Å². The Morgan fingerprint density at radius 2 is 2.36 bits per heavy atom. The van der Waals surface area contributed by atoms with Gasteiger partial charge in [0.2, 0.25) is 0 Å². The number of nitrogens with two attached hydrogens (primary N) is 1. The molecular formula is C8H18N2O. The molecular weight excluding hydrogens is 140 g/mol. The van der Waals surface area contributed by atoms with Crippen molar-refractivity contribution >= 4 is 0 Å².